The van der Waals surface area contributed by atoms with Crippen LogP contribution in [0.1, 0.15) is 58.1 Å². The summed E-state index contributed by atoms with van der Waals surface area (Å²) < 4.78 is 13.0. The van der Waals surface area contributed by atoms with E-state index in [9.17, 15) is 0 Å². The molecule has 272 valence electrons. The molecule has 4 aromatic carbocycles. The second kappa shape index (κ2) is 14.3. The lowest BCUT2D eigenvalue weighted by Crippen LogP contribution is -2.26. The summed E-state index contributed by atoms with van der Waals surface area (Å²) in [6.45, 7) is 9.21. The van der Waals surface area contributed by atoms with Crippen molar-refractivity contribution in [1.82, 2.24) is 0 Å². The van der Waals surface area contributed by atoms with Gasteiger partial charge in [-0.05, 0) is 135 Å². The van der Waals surface area contributed by atoms with E-state index in [2.05, 4.69) is 123 Å². The van der Waals surface area contributed by atoms with E-state index in [-0.39, 0.29) is 10.8 Å². The third-order valence-corrected chi connectivity index (χ3v) is 11.6. The molecule has 7 heteroatoms. The van der Waals surface area contributed by atoms with Gasteiger partial charge < -0.3 is 25.0 Å². The molecular weight excluding hydrogens is 676 g/mol. The van der Waals surface area contributed by atoms with E-state index in [1.165, 1.54) is 45.1 Å². The van der Waals surface area contributed by atoms with E-state index < -0.39 is 0 Å². The molecule has 0 saturated carbocycles. The Bertz CT molecular complexity index is 2210. The number of anilines is 5. The van der Waals surface area contributed by atoms with Crippen molar-refractivity contribution in [2.45, 2.75) is 57.8 Å². The largest absolute Gasteiger partial charge is 0.497 e. The molecule has 0 atom stereocenters. The fourth-order valence-corrected chi connectivity index (χ4v) is 8.39. The van der Waals surface area contributed by atoms with Crippen LogP contribution in [0.4, 0.5) is 34.1 Å². The summed E-state index contributed by atoms with van der Waals surface area (Å²) in [7, 11) is 7.69. The van der Waals surface area contributed by atoms with E-state index in [1.807, 2.05) is 48.5 Å². The van der Waals surface area contributed by atoms with Gasteiger partial charge >= 0.3 is 0 Å². The molecule has 2 heterocycles. The van der Waals surface area contributed by atoms with Gasteiger partial charge in [0.1, 0.15) is 18.5 Å². The minimum absolute atomic E-state index is 0.180. The number of hydrogen-bond donors (Lipinski definition) is 2. The van der Waals surface area contributed by atoms with Gasteiger partial charge in [0.2, 0.25) is 5.69 Å². The van der Waals surface area contributed by atoms with Crippen LogP contribution in [0.5, 0.6) is 11.5 Å². The van der Waals surface area contributed by atoms with Gasteiger partial charge in [0.25, 0.3) is 0 Å². The van der Waals surface area contributed by atoms with Gasteiger partial charge in [0.05, 0.1) is 19.6 Å². The van der Waals surface area contributed by atoms with Gasteiger partial charge in [-0.15, -0.1) is 0 Å². The number of nitrogens with one attached hydrogen (secondary N) is 2. The molecule has 2 N–H and O–H groups in total. The molecule has 0 bridgehead atoms. The van der Waals surface area contributed by atoms with Crippen molar-refractivity contribution >= 4 is 51.4 Å². The van der Waals surface area contributed by atoms with Crippen LogP contribution < -0.4 is 25.0 Å². The van der Waals surface area contributed by atoms with Crippen molar-refractivity contribution < 1.29 is 14.0 Å². The highest BCUT2D eigenvalue weighted by Gasteiger charge is 2.43. The molecule has 4 aromatic rings. The fourth-order valence-electron chi connectivity index (χ4n) is 8.08. The van der Waals surface area contributed by atoms with Crippen molar-refractivity contribution in [2.75, 3.05) is 43.8 Å². The summed E-state index contributed by atoms with van der Waals surface area (Å²) in [6.07, 6.45) is 12.0. The summed E-state index contributed by atoms with van der Waals surface area (Å²) in [6, 6.07) is 29.3. The van der Waals surface area contributed by atoms with Crippen molar-refractivity contribution in [1.29, 1.82) is 0 Å². The van der Waals surface area contributed by atoms with E-state index in [0.717, 1.165) is 58.5 Å². The first-order chi connectivity index (χ1) is 25.4. The number of ether oxygens (including phenoxy) is 2. The Hall–Kier alpha value is -5.20. The molecule has 2 aliphatic heterocycles. The lowest BCUT2D eigenvalue weighted by atomic mass is 9.81. The molecule has 7 rings (SSSR count). The van der Waals surface area contributed by atoms with Gasteiger partial charge in [-0.3, -0.25) is 0 Å². The molecule has 0 fully saturated rings. The monoisotopic (exact) mass is 725 g/mol. The van der Waals surface area contributed by atoms with Gasteiger partial charge in [0, 0.05) is 69.3 Å². The maximum atomic E-state index is 7.21. The zero-order valence-electron chi connectivity index (χ0n) is 32.1. The van der Waals surface area contributed by atoms with Crippen LogP contribution in [0.3, 0.4) is 0 Å². The SMILES string of the molecule is COc1ccc(Nc2ccc3c(c2)C(C)(C)C(/C=C/C2=C(Cl)C(=C/C=C4\N(C)c5ccc(Nc6ccc(OC)cc6)cc5C4(C)C)/CCC2)=[N+]3C)cc1. The Morgan fingerprint density at radius 3 is 1.87 bits per heavy atom. The topological polar surface area (TPSA) is 48.8 Å². The highest BCUT2D eigenvalue weighted by atomic mass is 35.5. The normalized spacial score (nSPS) is 18.9. The van der Waals surface area contributed by atoms with Crippen molar-refractivity contribution in [3.8, 4) is 11.5 Å². The van der Waals surface area contributed by atoms with Crippen molar-refractivity contribution in [2.24, 2.45) is 0 Å². The Morgan fingerprint density at radius 2 is 1.26 bits per heavy atom. The molecule has 0 unspecified atom stereocenters. The zero-order valence-corrected chi connectivity index (χ0v) is 32.9. The van der Waals surface area contributed by atoms with Crippen LogP contribution >= 0.6 is 11.6 Å². The van der Waals surface area contributed by atoms with Gasteiger partial charge in [-0.2, -0.15) is 4.58 Å². The molecular formula is C46H50ClN4O2+. The second-order valence-corrected chi connectivity index (χ2v) is 15.6. The quantitative estimate of drug-likeness (QED) is 0.168. The Kier molecular flexibility index (Phi) is 9.77. The highest BCUT2D eigenvalue weighted by molar-refractivity contribution is 6.32. The van der Waals surface area contributed by atoms with Crippen LogP contribution in [-0.4, -0.2) is 38.6 Å². The second-order valence-electron chi connectivity index (χ2n) is 15.2. The first-order valence-corrected chi connectivity index (χ1v) is 18.7. The van der Waals surface area contributed by atoms with E-state index in [0.29, 0.717) is 0 Å². The van der Waals surface area contributed by atoms with Gasteiger partial charge in [0.15, 0.2) is 5.71 Å². The Morgan fingerprint density at radius 1 is 0.698 bits per heavy atom. The number of rotatable bonds is 9. The summed E-state index contributed by atoms with van der Waals surface area (Å²) in [5, 5.41) is 7.99. The van der Waals surface area contributed by atoms with E-state index >= 15 is 0 Å². The fraction of sp³-hybridized carbons (Fsp3) is 0.283. The maximum Gasteiger partial charge on any atom is 0.209 e. The maximum absolute atomic E-state index is 7.21. The summed E-state index contributed by atoms with van der Waals surface area (Å²) in [5.41, 5.74) is 13.7. The van der Waals surface area contributed by atoms with Crippen LogP contribution in [-0.2, 0) is 10.8 Å². The highest BCUT2D eigenvalue weighted by Crippen LogP contribution is 2.48. The molecule has 3 aliphatic rings. The van der Waals surface area contributed by atoms with Crippen LogP contribution in [0.2, 0.25) is 0 Å². The van der Waals surface area contributed by atoms with Crippen LogP contribution in [0.25, 0.3) is 0 Å². The van der Waals surface area contributed by atoms with Crippen molar-refractivity contribution in [3.05, 3.63) is 142 Å². The molecule has 6 nitrogen and oxygen atoms in total. The first kappa shape index (κ1) is 36.2. The number of allylic oxidation sites excluding steroid dienone is 8. The number of likely N-dealkylation sites (N-methyl/N-ethyl adjacent to an activating group) is 1. The molecule has 0 spiro atoms. The molecule has 53 heavy (non-hydrogen) atoms. The minimum Gasteiger partial charge on any atom is -0.497 e. The summed E-state index contributed by atoms with van der Waals surface area (Å²) >= 11 is 7.21. The molecule has 0 amide bonds. The Labute approximate surface area is 319 Å². The molecule has 0 radical (unpaired) electrons. The average molecular weight is 726 g/mol. The van der Waals surface area contributed by atoms with Crippen LogP contribution in [0, 0.1) is 0 Å². The minimum atomic E-state index is -0.180. The first-order valence-electron chi connectivity index (χ1n) is 18.3. The smallest absolute Gasteiger partial charge is 0.209 e. The Balaban J connectivity index is 1.10. The number of halogens is 1. The third kappa shape index (κ3) is 6.89. The average Bonchev–Trinajstić information content (AvgIpc) is 3.46. The number of methoxy groups -OCH3 is 2. The molecule has 0 aromatic heterocycles. The molecule has 0 saturated heterocycles. The number of nitrogens with zero attached hydrogens (tertiary/aromatic N) is 2. The lowest BCUT2D eigenvalue weighted by Gasteiger charge is -2.24. The lowest BCUT2D eigenvalue weighted by molar-refractivity contribution is -0.401. The summed E-state index contributed by atoms with van der Waals surface area (Å²) in [4.78, 5) is 2.31. The number of benzene rings is 4. The predicted molar refractivity (Wildman–Crippen MR) is 223 cm³/mol. The zero-order chi connectivity index (χ0) is 37.5. The predicted octanol–water partition coefficient (Wildman–Crippen LogP) is 11.7. The molecule has 1 aliphatic carbocycles. The van der Waals surface area contributed by atoms with Gasteiger partial charge in [-0.25, -0.2) is 0 Å². The third-order valence-electron chi connectivity index (χ3n) is 11.2. The van der Waals surface area contributed by atoms with Gasteiger partial charge in [-0.1, -0.05) is 37.6 Å². The number of hydrogen-bond acceptors (Lipinski definition) is 5. The van der Waals surface area contributed by atoms with E-state index in [1.54, 1.807) is 14.2 Å². The standard InChI is InChI=1S/C46H50ClN4O2/c1-45(2)38-28-34(48-32-14-20-36(52-7)21-15-32)18-24-40(38)50(5)42(45)26-12-30-10-9-11-31(44(30)47)13-27-43-46(3,4)39-29-35(19-25-41(39)51(43)6)49-33-16-22-37(53-8)23-17-33/h12-29,48-49H,9-11H2,1-8H3/q+1. The summed E-state index contributed by atoms with van der Waals surface area (Å²) in [5.74, 6) is 1.69. The van der Waals surface area contributed by atoms with Crippen LogP contribution in [0.15, 0.2) is 131 Å². The van der Waals surface area contributed by atoms with Crippen molar-refractivity contribution in [3.63, 3.8) is 0 Å². The number of fused-ring (bicyclic) bond motifs is 2. The van der Waals surface area contributed by atoms with E-state index in [4.69, 9.17) is 21.1 Å².